The predicted octanol–water partition coefficient (Wildman–Crippen LogP) is 7.78. The molecule has 0 bridgehead atoms. The fraction of sp³-hybridized carbons (Fsp3) is 0.379. The molecule has 8 heteroatoms. The Balaban J connectivity index is 0.000000750. The SMILES string of the molecule is CC.CC.CC.Nc1ccc(Oc2ccnc3cc(-c4ccc(CN5CCOCC5)cn4)sc23)c(F)c1. The maximum atomic E-state index is 14.2. The molecule has 5 rings (SSSR count). The Morgan fingerprint density at radius 2 is 1.68 bits per heavy atom. The summed E-state index contributed by atoms with van der Waals surface area (Å²) in [6, 6.07) is 12.2. The number of benzene rings is 1. The molecule has 1 aliphatic rings. The zero-order valence-electron chi connectivity index (χ0n) is 22.8. The van der Waals surface area contributed by atoms with Crippen molar-refractivity contribution >= 4 is 27.2 Å². The van der Waals surface area contributed by atoms with Crippen molar-refractivity contribution in [2.75, 3.05) is 32.0 Å². The summed E-state index contributed by atoms with van der Waals surface area (Å²) < 4.78 is 26.3. The van der Waals surface area contributed by atoms with Crippen LogP contribution in [0.1, 0.15) is 47.1 Å². The van der Waals surface area contributed by atoms with Crippen LogP contribution in [0.25, 0.3) is 20.8 Å². The maximum absolute atomic E-state index is 14.2. The molecular weight excluding hydrogens is 487 g/mol. The number of aromatic nitrogens is 2. The van der Waals surface area contributed by atoms with E-state index in [0.717, 1.165) is 53.6 Å². The molecule has 200 valence electrons. The van der Waals surface area contributed by atoms with Gasteiger partial charge in [-0.3, -0.25) is 14.9 Å². The molecular formula is C29H39FN4O2S. The van der Waals surface area contributed by atoms with E-state index < -0.39 is 5.82 Å². The lowest BCUT2D eigenvalue weighted by molar-refractivity contribution is 0.0341. The van der Waals surface area contributed by atoms with Crippen LogP contribution < -0.4 is 10.5 Å². The van der Waals surface area contributed by atoms with Crippen LogP contribution in [0.15, 0.2) is 54.9 Å². The van der Waals surface area contributed by atoms with Crippen molar-refractivity contribution in [1.82, 2.24) is 14.9 Å². The first-order chi connectivity index (χ1) is 18.2. The van der Waals surface area contributed by atoms with Gasteiger partial charge in [-0.15, -0.1) is 11.3 Å². The highest BCUT2D eigenvalue weighted by Gasteiger charge is 2.14. The molecule has 0 saturated carbocycles. The van der Waals surface area contributed by atoms with Gasteiger partial charge in [-0.25, -0.2) is 4.39 Å². The van der Waals surface area contributed by atoms with Crippen molar-refractivity contribution in [3.63, 3.8) is 0 Å². The average molecular weight is 527 g/mol. The molecule has 0 radical (unpaired) electrons. The number of nitrogens with zero attached hydrogens (tertiary/aromatic N) is 3. The molecule has 6 nitrogen and oxygen atoms in total. The standard InChI is InChI=1S/C23H21FN4O2S.3C2H6/c24-17-11-16(25)2-4-20(17)30-21-5-6-26-19-12-22(31-23(19)21)18-3-1-15(13-27-18)14-28-7-9-29-10-8-28;3*1-2/h1-6,11-13H,7-10,14,25H2;3*1-2H3. The number of pyridine rings is 2. The van der Waals surface area contributed by atoms with Gasteiger partial charge in [-0.05, 0) is 29.8 Å². The third-order valence-electron chi connectivity index (χ3n) is 5.14. The molecule has 0 amide bonds. The van der Waals surface area contributed by atoms with Gasteiger partial charge in [0.2, 0.25) is 0 Å². The number of morpholine rings is 1. The van der Waals surface area contributed by atoms with Gasteiger partial charge in [0.1, 0.15) is 5.75 Å². The second kappa shape index (κ2) is 15.9. The van der Waals surface area contributed by atoms with Crippen molar-refractivity contribution in [3.05, 3.63) is 66.2 Å². The number of anilines is 1. The third-order valence-corrected chi connectivity index (χ3v) is 6.30. The summed E-state index contributed by atoms with van der Waals surface area (Å²) >= 11 is 1.52. The van der Waals surface area contributed by atoms with Crippen molar-refractivity contribution < 1.29 is 13.9 Å². The molecule has 4 aromatic rings. The first kappa shape index (κ1) is 30.2. The summed E-state index contributed by atoms with van der Waals surface area (Å²) in [6.07, 6.45) is 3.58. The van der Waals surface area contributed by atoms with Crippen LogP contribution in [0.5, 0.6) is 11.5 Å². The largest absolute Gasteiger partial charge is 0.453 e. The number of rotatable bonds is 5. The van der Waals surface area contributed by atoms with E-state index in [0.29, 0.717) is 11.4 Å². The topological polar surface area (TPSA) is 73.5 Å². The zero-order valence-corrected chi connectivity index (χ0v) is 23.6. The minimum absolute atomic E-state index is 0.127. The molecule has 0 atom stereocenters. The van der Waals surface area contributed by atoms with Gasteiger partial charge in [-0.1, -0.05) is 47.6 Å². The molecule has 1 aliphatic heterocycles. The van der Waals surface area contributed by atoms with Crippen LogP contribution in [0.2, 0.25) is 0 Å². The van der Waals surface area contributed by atoms with E-state index in [1.807, 2.05) is 59.9 Å². The highest BCUT2D eigenvalue weighted by molar-refractivity contribution is 7.22. The van der Waals surface area contributed by atoms with Crippen LogP contribution >= 0.6 is 11.3 Å². The number of fused-ring (bicyclic) bond motifs is 1. The molecule has 4 heterocycles. The highest BCUT2D eigenvalue weighted by atomic mass is 32.1. The Kier molecular flexibility index (Phi) is 13.0. The van der Waals surface area contributed by atoms with Gasteiger partial charge in [0.15, 0.2) is 11.6 Å². The van der Waals surface area contributed by atoms with Crippen molar-refractivity contribution in [1.29, 1.82) is 0 Å². The monoisotopic (exact) mass is 526 g/mol. The van der Waals surface area contributed by atoms with E-state index in [1.165, 1.54) is 29.0 Å². The summed E-state index contributed by atoms with van der Waals surface area (Å²) in [7, 11) is 0. The Morgan fingerprint density at radius 3 is 2.32 bits per heavy atom. The van der Waals surface area contributed by atoms with Gasteiger partial charge in [0.25, 0.3) is 0 Å². The third kappa shape index (κ3) is 8.21. The molecule has 0 unspecified atom stereocenters. The number of hydrogen-bond acceptors (Lipinski definition) is 7. The Hall–Kier alpha value is -3.07. The molecule has 3 aromatic heterocycles. The zero-order chi connectivity index (χ0) is 27.2. The van der Waals surface area contributed by atoms with E-state index in [2.05, 4.69) is 20.9 Å². The van der Waals surface area contributed by atoms with Crippen LogP contribution in [0, 0.1) is 5.82 Å². The van der Waals surface area contributed by atoms with E-state index in [4.69, 9.17) is 15.2 Å². The van der Waals surface area contributed by atoms with Crippen molar-refractivity contribution in [2.45, 2.75) is 48.1 Å². The van der Waals surface area contributed by atoms with Crippen molar-refractivity contribution in [2.24, 2.45) is 0 Å². The normalized spacial score (nSPS) is 12.8. The van der Waals surface area contributed by atoms with Crippen LogP contribution in [-0.4, -0.2) is 41.2 Å². The summed E-state index contributed by atoms with van der Waals surface area (Å²) in [5.41, 5.74) is 8.81. The van der Waals surface area contributed by atoms with E-state index in [1.54, 1.807) is 18.3 Å². The molecule has 0 aliphatic carbocycles. The maximum Gasteiger partial charge on any atom is 0.167 e. The Labute approximate surface area is 224 Å². The highest BCUT2D eigenvalue weighted by Crippen LogP contribution is 2.39. The Morgan fingerprint density at radius 1 is 0.946 bits per heavy atom. The summed E-state index contributed by atoms with van der Waals surface area (Å²) in [5.74, 6) is 0.176. The smallest absolute Gasteiger partial charge is 0.167 e. The molecule has 1 aromatic carbocycles. The number of hydrogen-bond donors (Lipinski definition) is 1. The van der Waals surface area contributed by atoms with Gasteiger partial charge >= 0.3 is 0 Å². The van der Waals surface area contributed by atoms with Crippen LogP contribution in [0.3, 0.4) is 0 Å². The number of nitrogen functional groups attached to an aromatic ring is 1. The average Bonchev–Trinajstić information content (AvgIpc) is 3.40. The minimum atomic E-state index is -0.501. The first-order valence-corrected chi connectivity index (χ1v) is 13.8. The first-order valence-electron chi connectivity index (χ1n) is 13.0. The molecule has 1 fully saturated rings. The second-order valence-electron chi connectivity index (χ2n) is 7.37. The van der Waals surface area contributed by atoms with Crippen molar-refractivity contribution in [3.8, 4) is 22.1 Å². The lowest BCUT2D eigenvalue weighted by Crippen LogP contribution is -2.35. The van der Waals surface area contributed by atoms with E-state index in [9.17, 15) is 4.39 Å². The van der Waals surface area contributed by atoms with Crippen LogP contribution in [-0.2, 0) is 11.3 Å². The fourth-order valence-corrected chi connectivity index (χ4v) is 4.56. The predicted molar refractivity (Wildman–Crippen MR) is 154 cm³/mol. The molecule has 37 heavy (non-hydrogen) atoms. The molecule has 2 N–H and O–H groups in total. The quantitative estimate of drug-likeness (QED) is 0.268. The van der Waals surface area contributed by atoms with E-state index in [-0.39, 0.29) is 5.75 Å². The fourth-order valence-electron chi connectivity index (χ4n) is 3.52. The van der Waals surface area contributed by atoms with Gasteiger partial charge < -0.3 is 15.2 Å². The summed E-state index contributed by atoms with van der Waals surface area (Å²) in [6.45, 7) is 16.3. The second-order valence-corrected chi connectivity index (χ2v) is 8.42. The van der Waals surface area contributed by atoms with Crippen LogP contribution in [0.4, 0.5) is 10.1 Å². The Bertz CT molecular complexity index is 1210. The number of thiophene rings is 1. The number of nitrogens with two attached hydrogens (primary N) is 1. The minimum Gasteiger partial charge on any atom is -0.453 e. The number of ether oxygens (including phenoxy) is 2. The lowest BCUT2D eigenvalue weighted by Gasteiger charge is -2.26. The van der Waals surface area contributed by atoms with Gasteiger partial charge in [-0.2, -0.15) is 0 Å². The number of halogens is 1. The summed E-state index contributed by atoms with van der Waals surface area (Å²) in [4.78, 5) is 12.4. The lowest BCUT2D eigenvalue weighted by atomic mass is 10.2. The summed E-state index contributed by atoms with van der Waals surface area (Å²) in [5, 5.41) is 0. The molecule has 0 spiro atoms. The molecule has 1 saturated heterocycles. The van der Waals surface area contributed by atoms with Gasteiger partial charge in [0.05, 0.1) is 34.0 Å². The van der Waals surface area contributed by atoms with Gasteiger partial charge in [0, 0.05) is 49.8 Å². The van der Waals surface area contributed by atoms with E-state index >= 15 is 0 Å².